The topological polar surface area (TPSA) is 108 Å². The molecule has 0 aliphatic carbocycles. The summed E-state index contributed by atoms with van der Waals surface area (Å²) in [7, 11) is 0. The number of thioether (sulfide) groups is 1. The number of carbonyl (C=O) groups is 1. The number of rotatable bonds is 7. The maximum Gasteiger partial charge on any atom is 0.358 e. The average Bonchev–Trinajstić information content (AvgIpc) is 3.01. The van der Waals surface area contributed by atoms with Crippen molar-refractivity contribution in [1.29, 1.82) is 0 Å². The molecule has 3 aromatic rings. The highest BCUT2D eigenvalue weighted by Crippen LogP contribution is 2.23. The van der Waals surface area contributed by atoms with Crippen molar-refractivity contribution < 1.29 is 19.3 Å². The molecule has 8 heteroatoms. The number of hydrogen-bond acceptors (Lipinski definition) is 6. The fourth-order valence-corrected chi connectivity index (χ4v) is 3.22. The molecule has 0 spiro atoms. The van der Waals surface area contributed by atoms with Crippen molar-refractivity contribution in [3.05, 3.63) is 59.7 Å². The van der Waals surface area contributed by atoms with E-state index in [4.69, 9.17) is 10.6 Å². The number of carbonyl (C=O) groups excluding carboxylic acids is 1. The molecule has 0 radical (unpaired) electrons. The van der Waals surface area contributed by atoms with Crippen molar-refractivity contribution in [3.8, 4) is 17.1 Å². The number of nitrogens with two attached hydrogens (primary N) is 1. The fourth-order valence-electron chi connectivity index (χ4n) is 2.39. The number of aromatic carboxylic acids is 1. The van der Waals surface area contributed by atoms with E-state index in [1.165, 1.54) is 28.6 Å². The lowest BCUT2D eigenvalue weighted by molar-refractivity contribution is -0.666. The number of aromatic nitrogens is 3. The van der Waals surface area contributed by atoms with Crippen LogP contribution in [-0.4, -0.2) is 22.8 Å². The minimum atomic E-state index is -1.18. The number of H-pyrrole nitrogens is 1. The number of nitrogens with zero attached hydrogens (tertiary/aromatic N) is 2. The maximum atomic E-state index is 10.8. The van der Waals surface area contributed by atoms with Crippen LogP contribution in [0.2, 0.25) is 0 Å². The SMILES string of the molecule is CCOc1cccc(-c2[nH]nc(SCc3ccc(C(=O)[O-])cc3)[n+]2N)c1. The summed E-state index contributed by atoms with van der Waals surface area (Å²) in [4.78, 5) is 10.8. The second-order valence-electron chi connectivity index (χ2n) is 5.46. The van der Waals surface area contributed by atoms with Gasteiger partial charge in [-0.1, -0.05) is 30.3 Å². The summed E-state index contributed by atoms with van der Waals surface area (Å²) in [5.74, 6) is 7.02. The summed E-state index contributed by atoms with van der Waals surface area (Å²) >= 11 is 1.45. The Morgan fingerprint density at radius 1 is 1.31 bits per heavy atom. The Bertz CT molecular complexity index is 909. The molecule has 0 aliphatic rings. The molecule has 0 unspecified atom stereocenters. The lowest BCUT2D eigenvalue weighted by Crippen LogP contribution is -2.46. The van der Waals surface area contributed by atoms with E-state index in [9.17, 15) is 9.90 Å². The standard InChI is InChI=1S/C18H18N4O3S/c1-2-25-15-5-3-4-14(10-15)16-20-21-18(22(16)19)26-11-12-6-8-13(9-7-12)17(23)24/h3-10H,2,11,19H2,1H3,(H,23,24). The van der Waals surface area contributed by atoms with Gasteiger partial charge in [-0.3, -0.25) is 5.84 Å². The summed E-state index contributed by atoms with van der Waals surface area (Å²) in [5, 5.41) is 18.6. The predicted octanol–water partition coefficient (Wildman–Crippen LogP) is 1.13. The molecule has 0 bridgehead atoms. The Balaban J connectivity index is 1.72. The summed E-state index contributed by atoms with van der Waals surface area (Å²) in [6, 6.07) is 14.1. The van der Waals surface area contributed by atoms with Gasteiger partial charge < -0.3 is 14.6 Å². The third-order valence-corrected chi connectivity index (χ3v) is 4.70. The first-order valence-corrected chi connectivity index (χ1v) is 8.99. The van der Waals surface area contributed by atoms with Gasteiger partial charge in [-0.2, -0.15) is 0 Å². The van der Waals surface area contributed by atoms with E-state index in [2.05, 4.69) is 10.2 Å². The molecular weight excluding hydrogens is 352 g/mol. The van der Waals surface area contributed by atoms with Crippen molar-refractivity contribution in [2.75, 3.05) is 12.4 Å². The van der Waals surface area contributed by atoms with Gasteiger partial charge in [0.1, 0.15) is 5.75 Å². The number of aromatic amines is 1. The van der Waals surface area contributed by atoms with Gasteiger partial charge in [-0.15, -0.1) is 9.77 Å². The van der Waals surface area contributed by atoms with E-state index in [1.807, 2.05) is 31.2 Å². The van der Waals surface area contributed by atoms with Crippen LogP contribution in [0, 0.1) is 0 Å². The Labute approximate surface area is 154 Å². The number of nitrogens with one attached hydrogen (secondary N) is 1. The molecule has 134 valence electrons. The van der Waals surface area contributed by atoms with Crippen molar-refractivity contribution in [2.24, 2.45) is 0 Å². The minimum Gasteiger partial charge on any atom is -0.545 e. The number of ether oxygens (including phenoxy) is 1. The number of carboxylic acids is 1. The molecule has 3 rings (SSSR count). The molecule has 2 aromatic carbocycles. The molecule has 7 nitrogen and oxygen atoms in total. The van der Waals surface area contributed by atoms with Gasteiger partial charge in [0.05, 0.1) is 23.2 Å². The largest absolute Gasteiger partial charge is 0.545 e. The monoisotopic (exact) mass is 370 g/mol. The molecule has 0 atom stereocenters. The van der Waals surface area contributed by atoms with Crippen molar-refractivity contribution in [1.82, 2.24) is 10.2 Å². The highest BCUT2D eigenvalue weighted by atomic mass is 32.2. The minimum absolute atomic E-state index is 0.156. The van der Waals surface area contributed by atoms with E-state index >= 15 is 0 Å². The van der Waals surface area contributed by atoms with Gasteiger partial charge in [-0.25, -0.2) is 0 Å². The van der Waals surface area contributed by atoms with Gasteiger partial charge >= 0.3 is 5.16 Å². The second kappa shape index (κ2) is 7.92. The van der Waals surface area contributed by atoms with Gasteiger partial charge in [0, 0.05) is 5.75 Å². The Kier molecular flexibility index (Phi) is 5.43. The van der Waals surface area contributed by atoms with Crippen LogP contribution in [0.25, 0.3) is 11.4 Å². The van der Waals surface area contributed by atoms with E-state index in [-0.39, 0.29) is 5.56 Å². The molecule has 0 amide bonds. The highest BCUT2D eigenvalue weighted by molar-refractivity contribution is 7.98. The van der Waals surface area contributed by atoms with Gasteiger partial charge in [0.2, 0.25) is 0 Å². The molecule has 0 fully saturated rings. The van der Waals surface area contributed by atoms with Crippen LogP contribution < -0.4 is 20.4 Å². The normalized spacial score (nSPS) is 10.7. The lowest BCUT2D eigenvalue weighted by Gasteiger charge is -2.04. The molecule has 0 aliphatic heterocycles. The molecular formula is C18H18N4O3S. The first-order chi connectivity index (χ1) is 12.6. The predicted molar refractivity (Wildman–Crippen MR) is 95.9 cm³/mol. The number of benzene rings is 2. The zero-order chi connectivity index (χ0) is 18.5. The Morgan fingerprint density at radius 2 is 2.08 bits per heavy atom. The van der Waals surface area contributed by atoms with E-state index < -0.39 is 5.97 Å². The van der Waals surface area contributed by atoms with Crippen LogP contribution in [0.15, 0.2) is 53.7 Å². The third kappa shape index (κ3) is 3.97. The molecule has 3 N–H and O–H groups in total. The van der Waals surface area contributed by atoms with Gasteiger partial charge in [-0.05, 0) is 48.0 Å². The van der Waals surface area contributed by atoms with Gasteiger partial charge in [0.25, 0.3) is 5.82 Å². The van der Waals surface area contributed by atoms with Crippen LogP contribution in [0.3, 0.4) is 0 Å². The summed E-state index contributed by atoms with van der Waals surface area (Å²) < 4.78 is 7.00. The highest BCUT2D eigenvalue weighted by Gasteiger charge is 2.20. The first-order valence-electron chi connectivity index (χ1n) is 8.00. The molecule has 1 heterocycles. The van der Waals surface area contributed by atoms with E-state index in [0.717, 1.165) is 16.9 Å². The average molecular weight is 370 g/mol. The van der Waals surface area contributed by atoms with Crippen molar-refractivity contribution >= 4 is 17.7 Å². The smallest absolute Gasteiger partial charge is 0.358 e. The van der Waals surface area contributed by atoms with Crippen LogP contribution in [-0.2, 0) is 5.75 Å². The van der Waals surface area contributed by atoms with E-state index in [0.29, 0.717) is 23.3 Å². The lowest BCUT2D eigenvalue weighted by atomic mass is 10.1. The molecule has 0 saturated carbocycles. The van der Waals surface area contributed by atoms with Crippen molar-refractivity contribution in [3.63, 3.8) is 0 Å². The molecule has 1 aromatic heterocycles. The number of nitrogen functional groups attached to an aromatic ring is 1. The van der Waals surface area contributed by atoms with Crippen LogP contribution >= 0.6 is 11.8 Å². The Hall–Kier alpha value is -3.00. The zero-order valence-electron chi connectivity index (χ0n) is 14.1. The quantitative estimate of drug-likeness (QED) is 0.367. The third-order valence-electron chi connectivity index (χ3n) is 3.68. The Morgan fingerprint density at radius 3 is 2.77 bits per heavy atom. The van der Waals surface area contributed by atoms with Crippen molar-refractivity contribution in [2.45, 2.75) is 17.8 Å². The zero-order valence-corrected chi connectivity index (χ0v) is 15.0. The molecule has 0 saturated heterocycles. The molecule has 26 heavy (non-hydrogen) atoms. The number of carboxylic acid groups (broad SMARTS) is 1. The summed E-state index contributed by atoms with van der Waals surface area (Å²) in [5.41, 5.74) is 1.99. The van der Waals surface area contributed by atoms with Crippen LogP contribution in [0.4, 0.5) is 0 Å². The number of hydrogen-bond donors (Lipinski definition) is 2. The second-order valence-corrected chi connectivity index (χ2v) is 6.40. The summed E-state index contributed by atoms with van der Waals surface area (Å²) in [6.45, 7) is 2.52. The fraction of sp³-hybridized carbons (Fsp3) is 0.167. The van der Waals surface area contributed by atoms with Crippen LogP contribution in [0.1, 0.15) is 22.8 Å². The summed E-state index contributed by atoms with van der Waals surface area (Å²) in [6.07, 6.45) is 0. The maximum absolute atomic E-state index is 10.8. The van der Waals surface area contributed by atoms with E-state index in [1.54, 1.807) is 12.1 Å². The van der Waals surface area contributed by atoms with Gasteiger partial charge in [0.15, 0.2) is 0 Å². The van der Waals surface area contributed by atoms with Crippen LogP contribution in [0.5, 0.6) is 5.75 Å². The first kappa shape index (κ1) is 17.8.